The minimum Gasteiger partial charge on any atom is -0.357 e. The highest BCUT2D eigenvalue weighted by molar-refractivity contribution is 5.79. The van der Waals surface area contributed by atoms with Crippen molar-refractivity contribution in [3.63, 3.8) is 0 Å². The van der Waals surface area contributed by atoms with Gasteiger partial charge in [0.25, 0.3) is 0 Å². The first-order valence-electron chi connectivity index (χ1n) is 7.85. The van der Waals surface area contributed by atoms with Crippen LogP contribution < -0.4 is 10.6 Å². The molecule has 0 aliphatic rings. The van der Waals surface area contributed by atoms with Crippen molar-refractivity contribution in [3.05, 3.63) is 18.0 Å². The molecule has 0 saturated heterocycles. The number of hydrogen-bond acceptors (Lipinski definition) is 3. The molecule has 0 unspecified atom stereocenters. The summed E-state index contributed by atoms with van der Waals surface area (Å²) in [6.07, 6.45) is 4.30. The fourth-order valence-electron chi connectivity index (χ4n) is 1.96. The molecule has 0 amide bonds. The number of rotatable bonds is 9. The second-order valence-electron chi connectivity index (χ2n) is 5.22. The minimum atomic E-state index is 0.636. The van der Waals surface area contributed by atoms with Crippen molar-refractivity contribution >= 4 is 5.96 Å². The summed E-state index contributed by atoms with van der Waals surface area (Å²) >= 11 is 0. The SMILES string of the molecule is CCCCN(C)CCNC(=NCc1ccnn1C)NCC. The standard InChI is InChI=1S/C15H30N6/c1-5-7-11-20(3)12-10-17-15(16-6-2)18-13-14-8-9-19-21(14)4/h8-9H,5-7,10-13H2,1-4H3,(H2,16,17,18). The average molecular weight is 294 g/mol. The number of guanidine groups is 1. The maximum absolute atomic E-state index is 4.59. The molecule has 6 nitrogen and oxygen atoms in total. The third-order valence-corrected chi connectivity index (χ3v) is 3.35. The maximum Gasteiger partial charge on any atom is 0.191 e. The van der Waals surface area contributed by atoms with Gasteiger partial charge in [-0.1, -0.05) is 13.3 Å². The first-order chi connectivity index (χ1) is 10.2. The number of nitrogens with zero attached hydrogens (tertiary/aromatic N) is 4. The van der Waals surface area contributed by atoms with Crippen molar-refractivity contribution in [3.8, 4) is 0 Å². The monoisotopic (exact) mass is 294 g/mol. The Morgan fingerprint density at radius 1 is 1.33 bits per heavy atom. The number of aryl methyl sites for hydroxylation is 1. The molecule has 0 saturated carbocycles. The van der Waals surface area contributed by atoms with Crippen LogP contribution in [0, 0.1) is 0 Å². The van der Waals surface area contributed by atoms with Crippen LogP contribution in [0.1, 0.15) is 32.4 Å². The van der Waals surface area contributed by atoms with Crippen molar-refractivity contribution in [2.24, 2.45) is 12.0 Å². The quantitative estimate of drug-likeness (QED) is 0.531. The molecule has 2 N–H and O–H groups in total. The van der Waals surface area contributed by atoms with E-state index in [1.54, 1.807) is 6.20 Å². The van der Waals surface area contributed by atoms with Crippen LogP contribution in [0.4, 0.5) is 0 Å². The zero-order valence-corrected chi connectivity index (χ0v) is 13.9. The molecular weight excluding hydrogens is 264 g/mol. The molecule has 0 bridgehead atoms. The highest BCUT2D eigenvalue weighted by atomic mass is 15.3. The summed E-state index contributed by atoms with van der Waals surface area (Å²) in [7, 11) is 4.10. The number of likely N-dealkylation sites (N-methyl/N-ethyl adjacent to an activating group) is 1. The summed E-state index contributed by atoms with van der Waals surface area (Å²) in [4.78, 5) is 6.94. The molecular formula is C15H30N6. The van der Waals surface area contributed by atoms with Gasteiger partial charge in [0.1, 0.15) is 0 Å². The lowest BCUT2D eigenvalue weighted by Crippen LogP contribution is -2.41. The Morgan fingerprint density at radius 3 is 2.76 bits per heavy atom. The summed E-state index contributed by atoms with van der Waals surface area (Å²) < 4.78 is 1.85. The molecule has 120 valence electrons. The maximum atomic E-state index is 4.59. The second kappa shape index (κ2) is 10.2. The number of hydrogen-bond donors (Lipinski definition) is 2. The van der Waals surface area contributed by atoms with Crippen molar-refractivity contribution in [2.45, 2.75) is 33.2 Å². The Morgan fingerprint density at radius 2 is 2.14 bits per heavy atom. The number of aliphatic imine (C=N–C) groups is 1. The van der Waals surface area contributed by atoms with Gasteiger partial charge in [0.05, 0.1) is 12.2 Å². The summed E-state index contributed by atoms with van der Waals surface area (Å²) in [5.74, 6) is 0.864. The molecule has 0 aromatic carbocycles. The van der Waals surface area contributed by atoms with E-state index in [1.165, 1.54) is 12.8 Å². The lowest BCUT2D eigenvalue weighted by Gasteiger charge is -2.17. The lowest BCUT2D eigenvalue weighted by molar-refractivity contribution is 0.332. The molecule has 1 aromatic heterocycles. The molecule has 6 heteroatoms. The molecule has 0 spiro atoms. The summed E-state index contributed by atoms with van der Waals surface area (Å²) in [6, 6.07) is 1.99. The van der Waals surface area contributed by atoms with Gasteiger partial charge < -0.3 is 15.5 Å². The largest absolute Gasteiger partial charge is 0.357 e. The Bertz CT molecular complexity index is 412. The van der Waals surface area contributed by atoms with E-state index in [4.69, 9.17) is 0 Å². The number of aromatic nitrogens is 2. The summed E-state index contributed by atoms with van der Waals surface area (Å²) in [6.45, 7) is 8.88. The van der Waals surface area contributed by atoms with Gasteiger partial charge in [-0.3, -0.25) is 4.68 Å². The van der Waals surface area contributed by atoms with Gasteiger partial charge in [-0.25, -0.2) is 4.99 Å². The smallest absolute Gasteiger partial charge is 0.191 e. The fourth-order valence-corrected chi connectivity index (χ4v) is 1.96. The van der Waals surface area contributed by atoms with Gasteiger partial charge in [-0.15, -0.1) is 0 Å². The van der Waals surface area contributed by atoms with Crippen LogP contribution in [-0.4, -0.2) is 53.9 Å². The predicted octanol–water partition coefficient (Wildman–Crippen LogP) is 1.21. The van der Waals surface area contributed by atoms with Crippen LogP contribution in [0.2, 0.25) is 0 Å². The molecule has 21 heavy (non-hydrogen) atoms. The zero-order valence-electron chi connectivity index (χ0n) is 13.9. The average Bonchev–Trinajstić information content (AvgIpc) is 2.88. The van der Waals surface area contributed by atoms with E-state index in [0.29, 0.717) is 6.54 Å². The second-order valence-corrected chi connectivity index (χ2v) is 5.22. The van der Waals surface area contributed by atoms with Gasteiger partial charge in [-0.2, -0.15) is 5.10 Å². The molecule has 0 aliphatic carbocycles. The third kappa shape index (κ3) is 7.13. The van der Waals surface area contributed by atoms with Gasteiger partial charge >= 0.3 is 0 Å². The van der Waals surface area contributed by atoms with E-state index in [9.17, 15) is 0 Å². The first kappa shape index (κ1) is 17.5. The Balaban J connectivity index is 2.37. The highest BCUT2D eigenvalue weighted by Gasteiger charge is 2.01. The van der Waals surface area contributed by atoms with Crippen LogP contribution in [0.3, 0.4) is 0 Å². The Labute approximate surface area is 128 Å². The van der Waals surface area contributed by atoms with Gasteiger partial charge in [-0.05, 0) is 33.0 Å². The Hall–Kier alpha value is -1.56. The third-order valence-electron chi connectivity index (χ3n) is 3.35. The highest BCUT2D eigenvalue weighted by Crippen LogP contribution is 1.98. The molecule has 1 aromatic rings. The predicted molar refractivity (Wildman–Crippen MR) is 88.4 cm³/mol. The van der Waals surface area contributed by atoms with Crippen LogP contribution in [-0.2, 0) is 13.6 Å². The molecule has 0 aliphatic heterocycles. The van der Waals surface area contributed by atoms with Gasteiger partial charge in [0, 0.05) is 32.9 Å². The van der Waals surface area contributed by atoms with Crippen LogP contribution >= 0.6 is 0 Å². The van der Waals surface area contributed by atoms with Gasteiger partial charge in [0.2, 0.25) is 0 Å². The molecule has 0 atom stereocenters. The van der Waals surface area contributed by atoms with E-state index in [-0.39, 0.29) is 0 Å². The van der Waals surface area contributed by atoms with Crippen LogP contribution in [0.25, 0.3) is 0 Å². The topological polar surface area (TPSA) is 57.5 Å². The van der Waals surface area contributed by atoms with E-state index in [0.717, 1.165) is 37.8 Å². The van der Waals surface area contributed by atoms with Crippen molar-refractivity contribution < 1.29 is 0 Å². The number of nitrogens with one attached hydrogen (secondary N) is 2. The Kier molecular flexibility index (Phi) is 8.50. The van der Waals surface area contributed by atoms with Crippen molar-refractivity contribution in [1.82, 2.24) is 25.3 Å². The fraction of sp³-hybridized carbons (Fsp3) is 0.733. The normalized spacial score (nSPS) is 12.0. The lowest BCUT2D eigenvalue weighted by atomic mass is 10.3. The first-order valence-corrected chi connectivity index (χ1v) is 7.85. The zero-order chi connectivity index (χ0) is 15.5. The molecule has 1 rings (SSSR count). The summed E-state index contributed by atoms with van der Waals surface area (Å²) in [5, 5.41) is 10.8. The minimum absolute atomic E-state index is 0.636. The van der Waals surface area contributed by atoms with Crippen molar-refractivity contribution in [1.29, 1.82) is 0 Å². The molecule has 0 radical (unpaired) electrons. The summed E-state index contributed by atoms with van der Waals surface area (Å²) in [5.41, 5.74) is 1.10. The van der Waals surface area contributed by atoms with Crippen molar-refractivity contribution in [2.75, 3.05) is 33.2 Å². The van der Waals surface area contributed by atoms with E-state index >= 15 is 0 Å². The van der Waals surface area contributed by atoms with Crippen LogP contribution in [0.5, 0.6) is 0 Å². The van der Waals surface area contributed by atoms with E-state index < -0.39 is 0 Å². The van der Waals surface area contributed by atoms with Gasteiger partial charge in [0.15, 0.2) is 5.96 Å². The van der Waals surface area contributed by atoms with E-state index in [2.05, 4.69) is 46.5 Å². The van der Waals surface area contributed by atoms with Crippen LogP contribution in [0.15, 0.2) is 17.3 Å². The van der Waals surface area contributed by atoms with E-state index in [1.807, 2.05) is 17.8 Å². The molecule has 1 heterocycles. The number of unbranched alkanes of at least 4 members (excludes halogenated alkanes) is 1. The molecule has 0 fully saturated rings.